The van der Waals surface area contributed by atoms with E-state index in [-0.39, 0.29) is 5.25 Å². The number of halogens is 3. The zero-order valence-electron chi connectivity index (χ0n) is 22.5. The van der Waals surface area contributed by atoms with E-state index in [1.165, 1.54) is 54.6 Å². The summed E-state index contributed by atoms with van der Waals surface area (Å²) in [5.41, 5.74) is 0.0157. The van der Waals surface area contributed by atoms with Crippen LogP contribution in [0.25, 0.3) is 43.4 Å². The average molecular weight is 616 g/mol. The molecular formula is C34H24F3NO3S2. The Morgan fingerprint density at radius 1 is 0.744 bits per heavy atom. The van der Waals surface area contributed by atoms with Crippen molar-refractivity contribution in [2.75, 3.05) is 0 Å². The maximum Gasteiger partial charge on any atom is 0.522 e. The number of fused-ring (bicyclic) bond motifs is 3. The van der Waals surface area contributed by atoms with Crippen LogP contribution in [0, 0.1) is 11.3 Å². The quantitative estimate of drug-likeness (QED) is 0.0897. The molecule has 0 radical (unpaired) electrons. The van der Waals surface area contributed by atoms with E-state index in [1.807, 2.05) is 24.3 Å². The van der Waals surface area contributed by atoms with Crippen LogP contribution in [0.5, 0.6) is 0 Å². The lowest BCUT2D eigenvalue weighted by Crippen LogP contribution is -2.21. The topological polar surface area (TPSA) is 78.2 Å². The van der Waals surface area contributed by atoms with Gasteiger partial charge in [-0.3, -0.25) is 4.55 Å². The highest BCUT2D eigenvalue weighted by atomic mass is 32.2. The van der Waals surface area contributed by atoms with Gasteiger partial charge in [0.25, 0.3) is 0 Å². The van der Waals surface area contributed by atoms with Gasteiger partial charge in [-0.1, -0.05) is 84.9 Å². The molecule has 1 N–H and O–H groups in total. The van der Waals surface area contributed by atoms with Crippen LogP contribution in [0.4, 0.5) is 13.2 Å². The number of nitrogens with zero attached hydrogens (tertiary/aromatic N) is 1. The molecule has 216 valence electrons. The molecular weight excluding hydrogens is 592 g/mol. The Morgan fingerprint density at radius 2 is 1.28 bits per heavy atom. The monoisotopic (exact) mass is 615 g/mol. The van der Waals surface area contributed by atoms with Crippen molar-refractivity contribution in [3.8, 4) is 17.2 Å². The summed E-state index contributed by atoms with van der Waals surface area (Å²) in [5.74, 6) is 0. The zero-order valence-corrected chi connectivity index (χ0v) is 24.2. The molecule has 9 heteroatoms. The van der Waals surface area contributed by atoms with E-state index in [9.17, 15) is 13.2 Å². The molecule has 1 atom stereocenters. The summed E-state index contributed by atoms with van der Waals surface area (Å²) in [5, 5.41) is 16.6. The number of thiol groups is 1. The molecule has 0 bridgehead atoms. The van der Waals surface area contributed by atoms with Crippen LogP contribution >= 0.6 is 12.6 Å². The summed E-state index contributed by atoms with van der Waals surface area (Å²) in [4.78, 5) is 0. The van der Waals surface area contributed by atoms with Crippen molar-refractivity contribution >= 4 is 55.1 Å². The lowest BCUT2D eigenvalue weighted by Gasteiger charge is -2.20. The van der Waals surface area contributed by atoms with E-state index in [4.69, 9.17) is 30.9 Å². The first-order valence-electron chi connectivity index (χ1n) is 13.1. The van der Waals surface area contributed by atoms with Crippen LogP contribution in [0.2, 0.25) is 0 Å². The Balaban J connectivity index is 0.000000407. The van der Waals surface area contributed by atoms with Crippen LogP contribution in [0.1, 0.15) is 21.9 Å². The SMILES string of the molecule is N#Cc1ccc(CC(S)c2ccccc2-c2c3ccccc3cc3cc4ccccc4cc23)cc1.O=S(=O)(O)C(F)(F)F. The van der Waals surface area contributed by atoms with E-state index in [0.29, 0.717) is 5.56 Å². The second-order valence-electron chi connectivity index (χ2n) is 9.93. The summed E-state index contributed by atoms with van der Waals surface area (Å²) in [6, 6.07) is 42.8. The summed E-state index contributed by atoms with van der Waals surface area (Å²) in [7, 11) is -5.84. The van der Waals surface area contributed by atoms with Gasteiger partial charge in [-0.15, -0.1) is 0 Å². The number of rotatable bonds is 4. The standard InChI is InChI=1S/C33H23NS.CHF3O3S/c34-21-23-15-13-22(14-16-23)17-32(35)29-11-5-6-12-30(29)33-28-10-4-3-9-26(28)19-27-18-24-7-1-2-8-25(24)20-31(27)33;2-1(3,4)8(5,6)7/h1-16,18-20,32,35H,17H2;(H,5,6,7). The molecule has 0 saturated heterocycles. The van der Waals surface area contributed by atoms with E-state index in [1.54, 1.807) is 0 Å². The van der Waals surface area contributed by atoms with Gasteiger partial charge < -0.3 is 0 Å². The molecule has 0 aliphatic rings. The predicted octanol–water partition coefficient (Wildman–Crippen LogP) is 9.29. The van der Waals surface area contributed by atoms with Gasteiger partial charge in [0.2, 0.25) is 0 Å². The number of nitriles is 1. The zero-order chi connectivity index (χ0) is 30.8. The maximum absolute atomic E-state index is 10.7. The molecule has 1 unspecified atom stereocenters. The van der Waals surface area contributed by atoms with Gasteiger partial charge in [-0.05, 0) is 91.3 Å². The van der Waals surface area contributed by atoms with Crippen molar-refractivity contribution in [2.45, 2.75) is 17.2 Å². The molecule has 0 amide bonds. The van der Waals surface area contributed by atoms with Gasteiger partial charge in [0.15, 0.2) is 0 Å². The van der Waals surface area contributed by atoms with Gasteiger partial charge in [0.1, 0.15) is 0 Å². The van der Waals surface area contributed by atoms with Crippen molar-refractivity contribution in [1.82, 2.24) is 0 Å². The lowest BCUT2D eigenvalue weighted by atomic mass is 9.87. The Kier molecular flexibility index (Phi) is 8.47. The van der Waals surface area contributed by atoms with Gasteiger partial charge in [0, 0.05) is 5.25 Å². The van der Waals surface area contributed by atoms with E-state index >= 15 is 0 Å². The molecule has 0 heterocycles. The Morgan fingerprint density at radius 3 is 1.91 bits per heavy atom. The normalized spacial score (nSPS) is 12.5. The maximum atomic E-state index is 10.7. The first kappa shape index (κ1) is 30.1. The first-order chi connectivity index (χ1) is 20.5. The number of benzene rings is 6. The highest BCUT2D eigenvalue weighted by molar-refractivity contribution is 7.86. The average Bonchev–Trinajstić information content (AvgIpc) is 2.98. The van der Waals surface area contributed by atoms with Crippen LogP contribution in [0.15, 0.2) is 115 Å². The van der Waals surface area contributed by atoms with E-state index in [2.05, 4.69) is 97.1 Å². The number of hydrogen-bond acceptors (Lipinski definition) is 4. The van der Waals surface area contributed by atoms with Crippen molar-refractivity contribution in [3.05, 3.63) is 132 Å². The summed E-state index contributed by atoms with van der Waals surface area (Å²) in [6.45, 7) is 0. The molecule has 4 nitrogen and oxygen atoms in total. The third-order valence-corrected chi connectivity index (χ3v) is 8.17. The first-order valence-corrected chi connectivity index (χ1v) is 15.1. The Labute approximate surface area is 252 Å². The van der Waals surface area contributed by atoms with Gasteiger partial charge >= 0.3 is 15.6 Å². The Hall–Kier alpha value is -4.36. The van der Waals surface area contributed by atoms with Crippen molar-refractivity contribution in [1.29, 1.82) is 5.26 Å². The van der Waals surface area contributed by atoms with Crippen molar-refractivity contribution in [3.63, 3.8) is 0 Å². The number of alkyl halides is 3. The largest absolute Gasteiger partial charge is 0.522 e. The lowest BCUT2D eigenvalue weighted by molar-refractivity contribution is -0.0510. The molecule has 0 spiro atoms. The van der Waals surface area contributed by atoms with E-state index in [0.717, 1.165) is 6.42 Å². The highest BCUT2D eigenvalue weighted by Crippen LogP contribution is 2.42. The fourth-order valence-corrected chi connectivity index (χ4v) is 5.55. The highest BCUT2D eigenvalue weighted by Gasteiger charge is 2.44. The minimum Gasteiger partial charge on any atom is -0.279 e. The fourth-order valence-electron chi connectivity index (χ4n) is 5.11. The Bertz CT molecular complexity index is 2100. The van der Waals surface area contributed by atoms with E-state index < -0.39 is 15.6 Å². The molecule has 0 fully saturated rings. The molecule has 6 aromatic rings. The molecule has 6 rings (SSSR count). The van der Waals surface area contributed by atoms with Crippen molar-refractivity contribution in [2.24, 2.45) is 0 Å². The molecule has 0 aliphatic heterocycles. The molecule has 0 aliphatic carbocycles. The van der Waals surface area contributed by atoms with Crippen LogP contribution in [-0.4, -0.2) is 18.5 Å². The summed E-state index contributed by atoms with van der Waals surface area (Å²) >= 11 is 5.08. The minimum atomic E-state index is -5.84. The van der Waals surface area contributed by atoms with Crippen molar-refractivity contribution < 1.29 is 26.1 Å². The van der Waals surface area contributed by atoms with Gasteiger partial charge in [0.05, 0.1) is 11.6 Å². The predicted molar refractivity (Wildman–Crippen MR) is 169 cm³/mol. The van der Waals surface area contributed by atoms with Crippen LogP contribution in [-0.2, 0) is 16.5 Å². The van der Waals surface area contributed by atoms with Gasteiger partial charge in [-0.2, -0.15) is 39.5 Å². The minimum absolute atomic E-state index is 0.0219. The number of hydrogen-bond donors (Lipinski definition) is 2. The second-order valence-corrected chi connectivity index (χ2v) is 12.0. The summed E-state index contributed by atoms with van der Waals surface area (Å²) in [6.07, 6.45) is 0.789. The molecule has 6 aromatic carbocycles. The summed E-state index contributed by atoms with van der Waals surface area (Å²) < 4.78 is 57.5. The van der Waals surface area contributed by atoms with Crippen LogP contribution < -0.4 is 0 Å². The third-order valence-electron chi connectivity index (χ3n) is 7.12. The smallest absolute Gasteiger partial charge is 0.279 e. The van der Waals surface area contributed by atoms with Crippen LogP contribution in [0.3, 0.4) is 0 Å². The fraction of sp³-hybridized carbons (Fsp3) is 0.0882. The molecule has 0 saturated carbocycles. The second kappa shape index (κ2) is 12.1. The third kappa shape index (κ3) is 6.52. The van der Waals surface area contributed by atoms with Gasteiger partial charge in [-0.25, -0.2) is 0 Å². The molecule has 43 heavy (non-hydrogen) atoms. The molecule has 0 aromatic heterocycles.